The molecule has 0 N–H and O–H groups in total. The molecule has 4 heteroatoms. The second kappa shape index (κ2) is 4.94. The van der Waals surface area contributed by atoms with E-state index in [1.54, 1.807) is 0 Å². The highest BCUT2D eigenvalue weighted by atomic mass is 35.5. The average Bonchev–Trinajstić information content (AvgIpc) is 2.33. The van der Waals surface area contributed by atoms with Crippen molar-refractivity contribution in [3.8, 4) is 5.88 Å². The van der Waals surface area contributed by atoms with Gasteiger partial charge in [-0.3, -0.25) is 0 Å². The second-order valence-electron chi connectivity index (χ2n) is 3.22. The van der Waals surface area contributed by atoms with Crippen molar-refractivity contribution >= 4 is 22.4 Å². The van der Waals surface area contributed by atoms with Crippen LogP contribution >= 0.6 is 11.6 Å². The predicted molar refractivity (Wildman–Crippen MR) is 64.9 cm³/mol. The summed E-state index contributed by atoms with van der Waals surface area (Å²) in [6, 6.07) is 7.64. The van der Waals surface area contributed by atoms with Crippen LogP contribution in [0.4, 0.5) is 0 Å². The molecule has 0 fully saturated rings. The Morgan fingerprint density at radius 1 is 1.25 bits per heavy atom. The van der Waals surface area contributed by atoms with Gasteiger partial charge in [0.15, 0.2) is 5.15 Å². The van der Waals surface area contributed by atoms with Gasteiger partial charge in [-0.2, -0.15) is 0 Å². The highest BCUT2D eigenvalue weighted by molar-refractivity contribution is 6.34. The summed E-state index contributed by atoms with van der Waals surface area (Å²) < 4.78 is 5.50. The minimum absolute atomic E-state index is 0.397. The average molecular weight is 235 g/mol. The van der Waals surface area contributed by atoms with Crippen molar-refractivity contribution in [1.82, 2.24) is 10.2 Å². The number of allylic oxidation sites excluding steroid dienone is 1. The summed E-state index contributed by atoms with van der Waals surface area (Å²) in [6.07, 6.45) is 3.83. The maximum absolute atomic E-state index is 5.95. The third-order valence-corrected chi connectivity index (χ3v) is 2.44. The topological polar surface area (TPSA) is 35.0 Å². The normalized spacial score (nSPS) is 11.1. The Kier molecular flexibility index (Phi) is 3.37. The summed E-state index contributed by atoms with van der Waals surface area (Å²) in [4.78, 5) is 0. The van der Waals surface area contributed by atoms with Gasteiger partial charge in [0.25, 0.3) is 0 Å². The first kappa shape index (κ1) is 10.9. The molecule has 1 aromatic carbocycles. The molecule has 0 spiro atoms. The van der Waals surface area contributed by atoms with Gasteiger partial charge >= 0.3 is 0 Å². The van der Waals surface area contributed by atoms with Crippen molar-refractivity contribution < 1.29 is 4.74 Å². The first-order valence-electron chi connectivity index (χ1n) is 4.98. The van der Waals surface area contributed by atoms with Crippen LogP contribution in [0, 0.1) is 0 Å². The van der Waals surface area contributed by atoms with Crippen LogP contribution in [0.2, 0.25) is 5.15 Å². The van der Waals surface area contributed by atoms with Crippen LogP contribution in [-0.4, -0.2) is 16.8 Å². The molecule has 0 aliphatic rings. The number of ether oxygens (including phenoxy) is 1. The molecule has 1 aromatic heterocycles. The number of hydrogen-bond acceptors (Lipinski definition) is 3. The van der Waals surface area contributed by atoms with Gasteiger partial charge in [0.05, 0.1) is 0 Å². The van der Waals surface area contributed by atoms with E-state index in [0.29, 0.717) is 17.6 Å². The zero-order valence-corrected chi connectivity index (χ0v) is 9.61. The van der Waals surface area contributed by atoms with Crippen LogP contribution in [0.3, 0.4) is 0 Å². The highest BCUT2D eigenvalue weighted by Crippen LogP contribution is 2.26. The second-order valence-corrected chi connectivity index (χ2v) is 3.58. The fraction of sp³-hybridized carbons (Fsp3) is 0.167. The molecule has 1 heterocycles. The monoisotopic (exact) mass is 234 g/mol. The van der Waals surface area contributed by atoms with Gasteiger partial charge in [0.1, 0.15) is 6.61 Å². The molecule has 0 atom stereocenters. The Labute approximate surface area is 98.7 Å². The highest BCUT2D eigenvalue weighted by Gasteiger charge is 2.07. The molecular weight excluding hydrogens is 224 g/mol. The lowest BCUT2D eigenvalue weighted by Gasteiger charge is -2.05. The summed E-state index contributed by atoms with van der Waals surface area (Å²) in [7, 11) is 0. The maximum Gasteiger partial charge on any atom is 0.241 e. The van der Waals surface area contributed by atoms with E-state index < -0.39 is 0 Å². The van der Waals surface area contributed by atoms with Crippen LogP contribution in [-0.2, 0) is 0 Å². The minimum Gasteiger partial charge on any atom is -0.472 e. The van der Waals surface area contributed by atoms with Crippen LogP contribution in [0.15, 0.2) is 36.4 Å². The zero-order valence-electron chi connectivity index (χ0n) is 8.85. The molecule has 82 valence electrons. The van der Waals surface area contributed by atoms with Gasteiger partial charge in [0, 0.05) is 10.8 Å². The Hall–Kier alpha value is -1.61. The molecule has 0 aliphatic heterocycles. The molecule has 16 heavy (non-hydrogen) atoms. The van der Waals surface area contributed by atoms with Gasteiger partial charge in [0.2, 0.25) is 5.88 Å². The number of aromatic nitrogens is 2. The largest absolute Gasteiger partial charge is 0.472 e. The SMILES string of the molecule is CC=CCOc1nnc(Cl)c2ccccc12. The summed E-state index contributed by atoms with van der Waals surface area (Å²) >= 11 is 5.95. The van der Waals surface area contributed by atoms with Crippen LogP contribution in [0.25, 0.3) is 10.8 Å². The van der Waals surface area contributed by atoms with E-state index in [-0.39, 0.29) is 0 Å². The van der Waals surface area contributed by atoms with Gasteiger partial charge in [-0.25, -0.2) is 0 Å². The predicted octanol–water partition coefficient (Wildman–Crippen LogP) is 3.24. The van der Waals surface area contributed by atoms with E-state index in [4.69, 9.17) is 16.3 Å². The molecule has 2 rings (SSSR count). The number of nitrogens with zero attached hydrogens (tertiary/aromatic N) is 2. The van der Waals surface area contributed by atoms with Crippen LogP contribution < -0.4 is 4.74 Å². The Bertz CT molecular complexity index is 525. The van der Waals surface area contributed by atoms with Crippen molar-refractivity contribution in [2.75, 3.05) is 6.61 Å². The van der Waals surface area contributed by atoms with E-state index in [1.807, 2.05) is 43.3 Å². The molecule has 3 nitrogen and oxygen atoms in total. The van der Waals surface area contributed by atoms with Crippen molar-refractivity contribution in [3.63, 3.8) is 0 Å². The van der Waals surface area contributed by atoms with Gasteiger partial charge in [-0.05, 0) is 13.0 Å². The molecule has 0 amide bonds. The van der Waals surface area contributed by atoms with E-state index in [1.165, 1.54) is 0 Å². The standard InChI is InChI=1S/C12H11ClN2O/c1-2-3-8-16-12-10-7-5-4-6-9(10)11(13)14-15-12/h2-7H,8H2,1H3. The van der Waals surface area contributed by atoms with Crippen molar-refractivity contribution in [2.24, 2.45) is 0 Å². The van der Waals surface area contributed by atoms with Crippen molar-refractivity contribution in [1.29, 1.82) is 0 Å². The third-order valence-electron chi connectivity index (χ3n) is 2.16. The lowest BCUT2D eigenvalue weighted by atomic mass is 10.2. The first-order valence-corrected chi connectivity index (χ1v) is 5.35. The minimum atomic E-state index is 0.397. The number of benzene rings is 1. The summed E-state index contributed by atoms with van der Waals surface area (Å²) in [5.41, 5.74) is 0. The summed E-state index contributed by atoms with van der Waals surface area (Å²) in [5, 5.41) is 9.93. The van der Waals surface area contributed by atoms with E-state index >= 15 is 0 Å². The van der Waals surface area contributed by atoms with Crippen LogP contribution in [0.5, 0.6) is 5.88 Å². The molecule has 0 radical (unpaired) electrons. The molecular formula is C12H11ClN2O. The third kappa shape index (κ3) is 2.14. The first-order chi connectivity index (χ1) is 7.83. The smallest absolute Gasteiger partial charge is 0.241 e. The van der Waals surface area contributed by atoms with Crippen LogP contribution in [0.1, 0.15) is 6.92 Å². The van der Waals surface area contributed by atoms with Crippen molar-refractivity contribution in [3.05, 3.63) is 41.6 Å². The fourth-order valence-corrected chi connectivity index (χ4v) is 1.58. The van der Waals surface area contributed by atoms with Gasteiger partial charge in [-0.15, -0.1) is 10.2 Å². The number of halogens is 1. The molecule has 2 aromatic rings. The Morgan fingerprint density at radius 2 is 2.00 bits per heavy atom. The summed E-state index contributed by atoms with van der Waals surface area (Å²) in [6.45, 7) is 2.42. The zero-order chi connectivity index (χ0) is 11.4. The molecule has 0 aliphatic carbocycles. The Morgan fingerprint density at radius 3 is 2.75 bits per heavy atom. The van der Waals surface area contributed by atoms with E-state index in [0.717, 1.165) is 10.8 Å². The molecule has 0 saturated heterocycles. The molecule has 0 unspecified atom stereocenters. The summed E-state index contributed by atoms with van der Waals surface area (Å²) in [5.74, 6) is 0.512. The van der Waals surface area contributed by atoms with Gasteiger partial charge in [-0.1, -0.05) is 42.0 Å². The Balaban J connectivity index is 2.42. The van der Waals surface area contributed by atoms with E-state index in [9.17, 15) is 0 Å². The number of rotatable bonds is 3. The number of fused-ring (bicyclic) bond motifs is 1. The lowest BCUT2D eigenvalue weighted by molar-refractivity contribution is 0.348. The maximum atomic E-state index is 5.95. The lowest BCUT2D eigenvalue weighted by Crippen LogP contribution is -1.98. The number of hydrogen-bond donors (Lipinski definition) is 0. The molecule has 0 bridgehead atoms. The van der Waals surface area contributed by atoms with Crippen molar-refractivity contribution in [2.45, 2.75) is 6.92 Å². The quantitative estimate of drug-likeness (QED) is 0.765. The van der Waals surface area contributed by atoms with E-state index in [2.05, 4.69) is 10.2 Å². The molecule has 0 saturated carbocycles. The van der Waals surface area contributed by atoms with Gasteiger partial charge < -0.3 is 4.74 Å². The fourth-order valence-electron chi connectivity index (χ4n) is 1.38.